The van der Waals surface area contributed by atoms with Crippen molar-refractivity contribution in [1.82, 2.24) is 15.1 Å². The number of hydrogen-bond acceptors (Lipinski definition) is 3. The van der Waals surface area contributed by atoms with E-state index in [1.54, 1.807) is 6.92 Å². The minimum absolute atomic E-state index is 0.207. The number of amides is 1. The largest absolute Gasteiger partial charge is 0.340 e. The van der Waals surface area contributed by atoms with Crippen LogP contribution >= 0.6 is 0 Å². The van der Waals surface area contributed by atoms with Crippen molar-refractivity contribution >= 4 is 5.91 Å². The normalized spacial score (nSPS) is 18.1. The first-order chi connectivity index (χ1) is 7.24. The average Bonchev–Trinajstić information content (AvgIpc) is 2.25. The Labute approximate surface area is 92.6 Å². The number of hydrogen-bond donors (Lipinski definition) is 1. The molecule has 0 saturated carbocycles. The zero-order chi connectivity index (χ0) is 11.1. The summed E-state index contributed by atoms with van der Waals surface area (Å²) in [6.07, 6.45) is 1.19. The third-order valence-electron chi connectivity index (χ3n) is 2.85. The fourth-order valence-electron chi connectivity index (χ4n) is 1.83. The molecule has 0 unspecified atom stereocenters. The van der Waals surface area contributed by atoms with Crippen molar-refractivity contribution in [3.63, 3.8) is 0 Å². The fourth-order valence-corrected chi connectivity index (χ4v) is 1.83. The van der Waals surface area contributed by atoms with Crippen LogP contribution in [0.2, 0.25) is 0 Å². The van der Waals surface area contributed by atoms with Gasteiger partial charge in [0, 0.05) is 46.2 Å². The molecule has 15 heavy (non-hydrogen) atoms. The highest BCUT2D eigenvalue weighted by Gasteiger charge is 2.17. The third-order valence-corrected chi connectivity index (χ3v) is 2.85. The van der Waals surface area contributed by atoms with E-state index < -0.39 is 0 Å². The number of carbonyl (C=O) groups excluding carboxylic acids is 1. The van der Waals surface area contributed by atoms with Gasteiger partial charge in [-0.05, 0) is 13.0 Å². The van der Waals surface area contributed by atoms with Crippen LogP contribution < -0.4 is 5.32 Å². The molecule has 1 rings (SSSR count). The molecule has 1 fully saturated rings. The SMILES string of the molecule is CCCNCCN1CCN(C(C)=O)CC1. The first-order valence-corrected chi connectivity index (χ1v) is 5.92. The van der Waals surface area contributed by atoms with Gasteiger partial charge in [-0.3, -0.25) is 9.69 Å². The Morgan fingerprint density at radius 2 is 1.87 bits per heavy atom. The summed E-state index contributed by atoms with van der Waals surface area (Å²) in [6.45, 7) is 10.9. The zero-order valence-electron chi connectivity index (χ0n) is 9.96. The van der Waals surface area contributed by atoms with Gasteiger partial charge < -0.3 is 10.2 Å². The van der Waals surface area contributed by atoms with Gasteiger partial charge in [0.05, 0.1) is 0 Å². The maximum Gasteiger partial charge on any atom is 0.219 e. The van der Waals surface area contributed by atoms with E-state index in [1.807, 2.05) is 4.90 Å². The highest BCUT2D eigenvalue weighted by atomic mass is 16.2. The van der Waals surface area contributed by atoms with Crippen molar-refractivity contribution < 1.29 is 4.79 Å². The monoisotopic (exact) mass is 213 g/mol. The van der Waals surface area contributed by atoms with E-state index in [4.69, 9.17) is 0 Å². The van der Waals surface area contributed by atoms with E-state index in [1.165, 1.54) is 6.42 Å². The predicted octanol–water partition coefficient (Wildman–Crippen LogP) is 0.150. The predicted molar refractivity (Wildman–Crippen MR) is 61.9 cm³/mol. The van der Waals surface area contributed by atoms with Crippen molar-refractivity contribution in [2.45, 2.75) is 20.3 Å². The van der Waals surface area contributed by atoms with Crippen LogP contribution in [-0.2, 0) is 4.79 Å². The van der Waals surface area contributed by atoms with Crippen molar-refractivity contribution in [3.8, 4) is 0 Å². The molecular weight excluding hydrogens is 190 g/mol. The maximum atomic E-state index is 11.1. The molecule has 1 amide bonds. The molecule has 4 nitrogen and oxygen atoms in total. The standard InChI is InChI=1S/C11H23N3O/c1-3-4-12-5-6-13-7-9-14(10-8-13)11(2)15/h12H,3-10H2,1-2H3. The van der Waals surface area contributed by atoms with Crippen LogP contribution in [0.3, 0.4) is 0 Å². The van der Waals surface area contributed by atoms with Crippen molar-refractivity contribution in [2.75, 3.05) is 45.8 Å². The Morgan fingerprint density at radius 3 is 2.40 bits per heavy atom. The van der Waals surface area contributed by atoms with Gasteiger partial charge in [-0.1, -0.05) is 6.92 Å². The van der Waals surface area contributed by atoms with Gasteiger partial charge in [-0.15, -0.1) is 0 Å². The van der Waals surface area contributed by atoms with Crippen molar-refractivity contribution in [2.24, 2.45) is 0 Å². The Kier molecular flexibility index (Phi) is 5.65. The molecule has 1 aliphatic heterocycles. The summed E-state index contributed by atoms with van der Waals surface area (Å²) in [5.74, 6) is 0.207. The minimum Gasteiger partial charge on any atom is -0.340 e. The maximum absolute atomic E-state index is 11.1. The molecule has 0 aromatic carbocycles. The van der Waals surface area contributed by atoms with Gasteiger partial charge in [0.2, 0.25) is 5.91 Å². The quantitative estimate of drug-likeness (QED) is 0.660. The number of piperazine rings is 1. The highest BCUT2D eigenvalue weighted by Crippen LogP contribution is 2.00. The second-order valence-corrected chi connectivity index (χ2v) is 4.10. The number of rotatable bonds is 5. The van der Waals surface area contributed by atoms with Crippen LogP contribution in [0.5, 0.6) is 0 Å². The fraction of sp³-hybridized carbons (Fsp3) is 0.909. The summed E-state index contributed by atoms with van der Waals surface area (Å²) < 4.78 is 0. The van der Waals surface area contributed by atoms with Crippen molar-refractivity contribution in [3.05, 3.63) is 0 Å². The molecule has 0 bridgehead atoms. The van der Waals surface area contributed by atoms with E-state index in [9.17, 15) is 4.79 Å². The highest BCUT2D eigenvalue weighted by molar-refractivity contribution is 5.73. The third kappa shape index (κ3) is 4.62. The zero-order valence-corrected chi connectivity index (χ0v) is 9.96. The summed E-state index contributed by atoms with van der Waals surface area (Å²) >= 11 is 0. The molecule has 0 aromatic heterocycles. The van der Waals surface area contributed by atoms with Gasteiger partial charge in [0.1, 0.15) is 0 Å². The second-order valence-electron chi connectivity index (χ2n) is 4.10. The van der Waals surface area contributed by atoms with Crippen LogP contribution in [0.1, 0.15) is 20.3 Å². The number of nitrogens with one attached hydrogen (secondary N) is 1. The molecule has 1 heterocycles. The van der Waals surface area contributed by atoms with E-state index >= 15 is 0 Å². The van der Waals surface area contributed by atoms with E-state index in [2.05, 4.69) is 17.1 Å². The van der Waals surface area contributed by atoms with Gasteiger partial charge in [-0.25, -0.2) is 0 Å². The summed E-state index contributed by atoms with van der Waals surface area (Å²) in [6, 6.07) is 0. The lowest BCUT2D eigenvalue weighted by Gasteiger charge is -2.34. The Bertz CT molecular complexity index is 188. The molecule has 1 N–H and O–H groups in total. The lowest BCUT2D eigenvalue weighted by Crippen LogP contribution is -2.49. The van der Waals surface area contributed by atoms with Crippen LogP contribution in [0.4, 0.5) is 0 Å². The average molecular weight is 213 g/mol. The molecule has 88 valence electrons. The van der Waals surface area contributed by atoms with Gasteiger partial charge in [0.15, 0.2) is 0 Å². The summed E-state index contributed by atoms with van der Waals surface area (Å²) in [4.78, 5) is 15.4. The Hall–Kier alpha value is -0.610. The van der Waals surface area contributed by atoms with Gasteiger partial charge in [0.25, 0.3) is 0 Å². The van der Waals surface area contributed by atoms with Crippen molar-refractivity contribution in [1.29, 1.82) is 0 Å². The Morgan fingerprint density at radius 1 is 1.20 bits per heavy atom. The number of carbonyl (C=O) groups is 1. The lowest BCUT2D eigenvalue weighted by atomic mass is 10.3. The molecular formula is C11H23N3O. The molecule has 0 atom stereocenters. The van der Waals surface area contributed by atoms with E-state index in [0.717, 1.165) is 45.8 Å². The topological polar surface area (TPSA) is 35.6 Å². The van der Waals surface area contributed by atoms with Crippen LogP contribution in [0.25, 0.3) is 0 Å². The lowest BCUT2D eigenvalue weighted by molar-refractivity contribution is -0.130. The van der Waals surface area contributed by atoms with Gasteiger partial charge >= 0.3 is 0 Å². The summed E-state index contributed by atoms with van der Waals surface area (Å²) in [5, 5.41) is 3.39. The molecule has 1 saturated heterocycles. The van der Waals surface area contributed by atoms with Crippen LogP contribution in [-0.4, -0.2) is 61.5 Å². The van der Waals surface area contributed by atoms with E-state index in [0.29, 0.717) is 0 Å². The molecule has 0 aliphatic carbocycles. The molecule has 0 spiro atoms. The molecule has 4 heteroatoms. The van der Waals surface area contributed by atoms with Crippen LogP contribution in [0.15, 0.2) is 0 Å². The first-order valence-electron chi connectivity index (χ1n) is 5.92. The number of nitrogens with zero attached hydrogens (tertiary/aromatic N) is 2. The smallest absolute Gasteiger partial charge is 0.219 e. The van der Waals surface area contributed by atoms with Crippen LogP contribution in [0, 0.1) is 0 Å². The minimum atomic E-state index is 0.207. The second kappa shape index (κ2) is 6.80. The first kappa shape index (κ1) is 12.5. The molecule has 0 radical (unpaired) electrons. The summed E-state index contributed by atoms with van der Waals surface area (Å²) in [7, 11) is 0. The molecule has 0 aromatic rings. The Balaban J connectivity index is 2.07. The van der Waals surface area contributed by atoms with E-state index in [-0.39, 0.29) is 5.91 Å². The molecule has 1 aliphatic rings. The summed E-state index contributed by atoms with van der Waals surface area (Å²) in [5.41, 5.74) is 0. The van der Waals surface area contributed by atoms with Gasteiger partial charge in [-0.2, -0.15) is 0 Å².